The monoisotopic (exact) mass is 342 g/mol. The van der Waals surface area contributed by atoms with Gasteiger partial charge in [-0.05, 0) is 26.3 Å². The average molecular weight is 342 g/mol. The van der Waals surface area contributed by atoms with E-state index in [9.17, 15) is 9.59 Å². The van der Waals surface area contributed by atoms with E-state index in [1.165, 1.54) is 0 Å². The van der Waals surface area contributed by atoms with Crippen LogP contribution in [0.3, 0.4) is 0 Å². The Kier molecular flexibility index (Phi) is 9.90. The summed E-state index contributed by atoms with van der Waals surface area (Å²) in [5, 5.41) is 5.82. The molecule has 1 heterocycles. The van der Waals surface area contributed by atoms with Gasteiger partial charge in [-0.1, -0.05) is 13.8 Å². The molecule has 140 valence electrons. The highest BCUT2D eigenvalue weighted by atomic mass is 16.5. The number of nitrogens with one attached hydrogen (secondary N) is 2. The summed E-state index contributed by atoms with van der Waals surface area (Å²) in [7, 11) is 1.98. The molecule has 0 aromatic heterocycles. The number of hydrogen-bond acceptors (Lipinski definition) is 5. The van der Waals surface area contributed by atoms with E-state index >= 15 is 0 Å². The average Bonchev–Trinajstić information content (AvgIpc) is 2.49. The minimum absolute atomic E-state index is 0.0514. The van der Waals surface area contributed by atoms with Gasteiger partial charge in [0.1, 0.15) is 6.61 Å². The zero-order valence-electron chi connectivity index (χ0n) is 15.6. The lowest BCUT2D eigenvalue weighted by Gasteiger charge is -2.40. The molecule has 1 fully saturated rings. The standard InChI is InChI=1S/C17H34N4O3/c1-5-24-13-16(22)18-7-10-20(4)11-8-19-17(23)15-6-9-21(15)12-14(2)3/h14-15H,5-13H2,1-4H3,(H,18,22)(H,19,23). The molecule has 0 saturated carbocycles. The number of rotatable bonds is 12. The van der Waals surface area contributed by atoms with E-state index in [0.29, 0.717) is 25.6 Å². The Labute approximate surface area is 146 Å². The van der Waals surface area contributed by atoms with Crippen LogP contribution in [-0.2, 0) is 14.3 Å². The van der Waals surface area contributed by atoms with E-state index in [0.717, 1.165) is 32.6 Å². The van der Waals surface area contributed by atoms with Gasteiger partial charge in [-0.3, -0.25) is 14.5 Å². The first-order valence-corrected chi connectivity index (χ1v) is 8.98. The van der Waals surface area contributed by atoms with Crippen LogP contribution in [0.15, 0.2) is 0 Å². The fourth-order valence-electron chi connectivity index (χ4n) is 2.66. The molecule has 2 amide bonds. The molecule has 1 rings (SSSR count). The molecule has 0 aromatic rings. The van der Waals surface area contributed by atoms with E-state index in [-0.39, 0.29) is 24.5 Å². The minimum atomic E-state index is -0.0891. The smallest absolute Gasteiger partial charge is 0.246 e. The first-order valence-electron chi connectivity index (χ1n) is 8.98. The van der Waals surface area contributed by atoms with Crippen molar-refractivity contribution in [3.8, 4) is 0 Å². The molecular weight excluding hydrogens is 308 g/mol. The van der Waals surface area contributed by atoms with Crippen molar-refractivity contribution in [2.75, 3.05) is 59.5 Å². The predicted octanol–water partition coefficient (Wildman–Crippen LogP) is -0.0826. The molecule has 2 N–H and O–H groups in total. The van der Waals surface area contributed by atoms with Gasteiger partial charge >= 0.3 is 0 Å². The van der Waals surface area contributed by atoms with Crippen LogP contribution in [0.5, 0.6) is 0 Å². The quantitative estimate of drug-likeness (QED) is 0.519. The summed E-state index contributed by atoms with van der Waals surface area (Å²) in [6.07, 6.45) is 0.959. The van der Waals surface area contributed by atoms with Crippen molar-refractivity contribution < 1.29 is 14.3 Å². The van der Waals surface area contributed by atoms with Crippen molar-refractivity contribution in [1.29, 1.82) is 0 Å². The molecule has 1 unspecified atom stereocenters. The summed E-state index contributed by atoms with van der Waals surface area (Å²) in [6, 6.07) is 0.0514. The fourth-order valence-corrected chi connectivity index (χ4v) is 2.66. The van der Waals surface area contributed by atoms with Crippen LogP contribution in [0.1, 0.15) is 27.2 Å². The van der Waals surface area contributed by atoms with E-state index in [1.54, 1.807) is 0 Å². The summed E-state index contributed by atoms with van der Waals surface area (Å²) in [5.41, 5.74) is 0. The topological polar surface area (TPSA) is 73.9 Å². The highest BCUT2D eigenvalue weighted by molar-refractivity contribution is 5.82. The van der Waals surface area contributed by atoms with Crippen LogP contribution >= 0.6 is 0 Å². The van der Waals surface area contributed by atoms with Crippen molar-refractivity contribution in [2.45, 2.75) is 33.2 Å². The maximum atomic E-state index is 12.2. The normalized spacial score (nSPS) is 17.8. The molecule has 24 heavy (non-hydrogen) atoms. The lowest BCUT2D eigenvalue weighted by Crippen LogP contribution is -2.57. The SMILES string of the molecule is CCOCC(=O)NCCN(C)CCNC(=O)C1CCN1CC(C)C. The van der Waals surface area contributed by atoms with Gasteiger partial charge in [0, 0.05) is 45.9 Å². The third-order valence-electron chi connectivity index (χ3n) is 4.08. The Hall–Kier alpha value is -1.18. The van der Waals surface area contributed by atoms with E-state index in [2.05, 4.69) is 34.3 Å². The first kappa shape index (κ1) is 20.9. The molecule has 1 aliphatic rings. The molecular formula is C17H34N4O3. The van der Waals surface area contributed by atoms with Gasteiger partial charge in [-0.25, -0.2) is 0 Å². The predicted molar refractivity (Wildman–Crippen MR) is 94.8 cm³/mol. The van der Waals surface area contributed by atoms with Crippen LogP contribution in [0.25, 0.3) is 0 Å². The van der Waals surface area contributed by atoms with Crippen LogP contribution in [-0.4, -0.2) is 87.2 Å². The Morgan fingerprint density at radius 3 is 2.46 bits per heavy atom. The lowest BCUT2D eigenvalue weighted by molar-refractivity contribution is -0.131. The zero-order chi connectivity index (χ0) is 17.9. The molecule has 0 aromatic carbocycles. The lowest BCUT2D eigenvalue weighted by atomic mass is 10.00. The summed E-state index contributed by atoms with van der Waals surface area (Å²) in [5.74, 6) is 0.638. The number of likely N-dealkylation sites (tertiary alicyclic amines) is 1. The molecule has 0 bridgehead atoms. The van der Waals surface area contributed by atoms with Crippen molar-refractivity contribution in [3.05, 3.63) is 0 Å². The summed E-state index contributed by atoms with van der Waals surface area (Å²) < 4.78 is 5.04. The van der Waals surface area contributed by atoms with Crippen LogP contribution in [0, 0.1) is 5.92 Å². The van der Waals surface area contributed by atoms with Crippen LogP contribution in [0.2, 0.25) is 0 Å². The number of carbonyl (C=O) groups excluding carboxylic acids is 2. The van der Waals surface area contributed by atoms with Crippen molar-refractivity contribution in [1.82, 2.24) is 20.4 Å². The van der Waals surface area contributed by atoms with Crippen molar-refractivity contribution >= 4 is 11.8 Å². The molecule has 0 radical (unpaired) electrons. The number of carbonyl (C=O) groups is 2. The number of amides is 2. The van der Waals surface area contributed by atoms with Gasteiger partial charge in [0.15, 0.2) is 0 Å². The molecule has 7 nitrogen and oxygen atoms in total. The molecule has 0 spiro atoms. The van der Waals surface area contributed by atoms with E-state index in [1.807, 2.05) is 14.0 Å². The van der Waals surface area contributed by atoms with E-state index < -0.39 is 0 Å². The van der Waals surface area contributed by atoms with Crippen molar-refractivity contribution in [3.63, 3.8) is 0 Å². The van der Waals surface area contributed by atoms with Gasteiger partial charge < -0.3 is 20.3 Å². The number of nitrogens with zero attached hydrogens (tertiary/aromatic N) is 2. The third kappa shape index (κ3) is 8.08. The number of hydrogen-bond donors (Lipinski definition) is 2. The Morgan fingerprint density at radius 1 is 1.25 bits per heavy atom. The summed E-state index contributed by atoms with van der Waals surface area (Å²) in [6.45, 7) is 11.6. The maximum Gasteiger partial charge on any atom is 0.246 e. The van der Waals surface area contributed by atoms with Gasteiger partial charge in [0.25, 0.3) is 0 Å². The summed E-state index contributed by atoms with van der Waals surface area (Å²) >= 11 is 0. The van der Waals surface area contributed by atoms with E-state index in [4.69, 9.17) is 4.74 Å². The second-order valence-electron chi connectivity index (χ2n) is 6.77. The Morgan fingerprint density at radius 2 is 1.92 bits per heavy atom. The Bertz CT molecular complexity index is 390. The molecule has 0 aliphatic carbocycles. The van der Waals surface area contributed by atoms with Crippen LogP contribution < -0.4 is 10.6 Å². The molecule has 1 atom stereocenters. The summed E-state index contributed by atoms with van der Waals surface area (Å²) in [4.78, 5) is 27.9. The van der Waals surface area contributed by atoms with Crippen LogP contribution in [0.4, 0.5) is 0 Å². The zero-order valence-corrected chi connectivity index (χ0v) is 15.6. The largest absolute Gasteiger partial charge is 0.372 e. The van der Waals surface area contributed by atoms with Gasteiger partial charge in [-0.2, -0.15) is 0 Å². The van der Waals surface area contributed by atoms with Gasteiger partial charge in [0.05, 0.1) is 6.04 Å². The highest BCUT2D eigenvalue weighted by Crippen LogP contribution is 2.18. The first-order chi connectivity index (χ1) is 11.4. The van der Waals surface area contributed by atoms with Gasteiger partial charge in [-0.15, -0.1) is 0 Å². The molecule has 1 aliphatic heterocycles. The Balaban J connectivity index is 2.07. The van der Waals surface area contributed by atoms with Crippen molar-refractivity contribution in [2.24, 2.45) is 5.92 Å². The number of ether oxygens (including phenoxy) is 1. The second kappa shape index (κ2) is 11.4. The number of likely N-dealkylation sites (N-methyl/N-ethyl adjacent to an activating group) is 1. The third-order valence-corrected chi connectivity index (χ3v) is 4.08. The van der Waals surface area contributed by atoms with Gasteiger partial charge in [0.2, 0.25) is 11.8 Å². The minimum Gasteiger partial charge on any atom is -0.372 e. The highest BCUT2D eigenvalue weighted by Gasteiger charge is 2.33. The molecule has 7 heteroatoms. The molecule has 1 saturated heterocycles. The second-order valence-corrected chi connectivity index (χ2v) is 6.77. The fraction of sp³-hybridized carbons (Fsp3) is 0.882. The maximum absolute atomic E-state index is 12.2.